The zero-order valence-corrected chi connectivity index (χ0v) is 14.1. The molecule has 0 radical (unpaired) electrons. The Kier molecular flexibility index (Phi) is 4.48. The van der Waals surface area contributed by atoms with Gasteiger partial charge < -0.3 is 14.8 Å². The van der Waals surface area contributed by atoms with Gasteiger partial charge in [-0.15, -0.1) is 0 Å². The van der Waals surface area contributed by atoms with Gasteiger partial charge in [0.25, 0.3) is 0 Å². The van der Waals surface area contributed by atoms with Crippen LogP contribution in [0.5, 0.6) is 11.5 Å². The Hall–Kier alpha value is -1.10. The van der Waals surface area contributed by atoms with Crippen LogP contribution in [0.2, 0.25) is 10.0 Å². The quantitative estimate of drug-likeness (QED) is 0.738. The summed E-state index contributed by atoms with van der Waals surface area (Å²) in [5, 5.41) is 4.26. The third-order valence-electron chi connectivity index (χ3n) is 3.15. The van der Waals surface area contributed by atoms with Crippen molar-refractivity contribution in [3.05, 3.63) is 50.4 Å². The molecule has 0 amide bonds. The van der Waals surface area contributed by atoms with Crippen LogP contribution in [0.4, 0.5) is 5.69 Å². The number of nitrogens with one attached hydrogen (secondary N) is 1. The van der Waals surface area contributed by atoms with E-state index in [1.165, 1.54) is 0 Å². The van der Waals surface area contributed by atoms with Gasteiger partial charge in [0.05, 0.1) is 15.7 Å². The lowest BCUT2D eigenvalue weighted by Gasteiger charge is -2.21. The summed E-state index contributed by atoms with van der Waals surface area (Å²) < 4.78 is 12.0. The average Bonchev–Trinajstić information content (AvgIpc) is 2.52. The highest BCUT2D eigenvalue weighted by molar-refractivity contribution is 9.10. The minimum atomic E-state index is 0.494. The predicted molar refractivity (Wildman–Crippen MR) is 88.9 cm³/mol. The Balaban J connectivity index is 1.81. The molecule has 1 heterocycles. The van der Waals surface area contributed by atoms with Gasteiger partial charge in [0.2, 0.25) is 0 Å². The van der Waals surface area contributed by atoms with Gasteiger partial charge in [0, 0.05) is 16.6 Å². The van der Waals surface area contributed by atoms with Crippen LogP contribution in [0, 0.1) is 0 Å². The van der Waals surface area contributed by atoms with E-state index >= 15 is 0 Å². The van der Waals surface area contributed by atoms with Gasteiger partial charge in [-0.2, -0.15) is 0 Å². The Labute approximate surface area is 141 Å². The molecular formula is C15H12BrCl2NO2. The van der Waals surface area contributed by atoms with Crippen molar-refractivity contribution in [3.63, 3.8) is 0 Å². The van der Waals surface area contributed by atoms with Crippen LogP contribution in [0.1, 0.15) is 5.56 Å². The van der Waals surface area contributed by atoms with E-state index in [-0.39, 0.29) is 0 Å². The van der Waals surface area contributed by atoms with Crippen LogP contribution < -0.4 is 14.8 Å². The smallest absolute Gasteiger partial charge is 0.166 e. The lowest BCUT2D eigenvalue weighted by atomic mass is 10.1. The molecule has 1 N–H and O–H groups in total. The van der Waals surface area contributed by atoms with E-state index in [0.717, 1.165) is 27.2 Å². The van der Waals surface area contributed by atoms with E-state index in [1.807, 2.05) is 30.3 Å². The molecule has 6 heteroatoms. The predicted octanol–water partition coefficient (Wildman–Crippen LogP) is 5.14. The molecule has 1 aliphatic rings. The van der Waals surface area contributed by atoms with Crippen LogP contribution in [0.3, 0.4) is 0 Å². The van der Waals surface area contributed by atoms with Crippen molar-refractivity contribution in [2.24, 2.45) is 0 Å². The second-order valence-electron chi connectivity index (χ2n) is 4.52. The molecular weight excluding hydrogens is 377 g/mol. The van der Waals surface area contributed by atoms with Crippen LogP contribution >= 0.6 is 39.1 Å². The molecule has 3 rings (SSSR count). The number of ether oxygens (including phenoxy) is 2. The van der Waals surface area contributed by atoms with Crippen LogP contribution in [-0.4, -0.2) is 13.2 Å². The van der Waals surface area contributed by atoms with Crippen molar-refractivity contribution in [2.45, 2.75) is 6.54 Å². The number of fused-ring (bicyclic) bond motifs is 1. The number of hydrogen-bond donors (Lipinski definition) is 1. The van der Waals surface area contributed by atoms with Crippen molar-refractivity contribution in [1.29, 1.82) is 0 Å². The van der Waals surface area contributed by atoms with Crippen LogP contribution in [0.15, 0.2) is 34.8 Å². The first-order valence-electron chi connectivity index (χ1n) is 6.41. The molecule has 3 nitrogen and oxygen atoms in total. The van der Waals surface area contributed by atoms with E-state index in [1.54, 1.807) is 0 Å². The molecule has 110 valence electrons. The monoisotopic (exact) mass is 387 g/mol. The highest BCUT2D eigenvalue weighted by Gasteiger charge is 2.16. The fourth-order valence-corrected chi connectivity index (χ4v) is 2.97. The minimum Gasteiger partial charge on any atom is -0.486 e. The molecule has 0 bridgehead atoms. The molecule has 0 saturated heterocycles. The van der Waals surface area contributed by atoms with Gasteiger partial charge in [-0.05, 0) is 34.1 Å². The maximum absolute atomic E-state index is 6.23. The van der Waals surface area contributed by atoms with Gasteiger partial charge in [-0.3, -0.25) is 0 Å². The number of anilines is 1. The number of halogens is 3. The zero-order valence-electron chi connectivity index (χ0n) is 11.0. The largest absolute Gasteiger partial charge is 0.486 e. The number of rotatable bonds is 3. The molecule has 0 spiro atoms. The fourth-order valence-electron chi connectivity index (χ4n) is 2.13. The van der Waals surface area contributed by atoms with Gasteiger partial charge >= 0.3 is 0 Å². The highest BCUT2D eigenvalue weighted by atomic mass is 79.9. The lowest BCUT2D eigenvalue weighted by molar-refractivity contribution is 0.170. The summed E-state index contributed by atoms with van der Waals surface area (Å²) in [7, 11) is 0. The molecule has 0 unspecified atom stereocenters. The standard InChI is InChI=1S/C15H12BrCl2NO2/c16-10-4-5-11(14(18)13(10)17)19-8-9-2-1-3-12-15(9)21-7-6-20-12/h1-5,19H,6-8H2. The molecule has 1 aliphatic heterocycles. The van der Waals surface area contributed by atoms with E-state index in [9.17, 15) is 0 Å². The van der Waals surface area contributed by atoms with Gasteiger partial charge in [-0.1, -0.05) is 35.3 Å². The summed E-state index contributed by atoms with van der Waals surface area (Å²) in [5.74, 6) is 1.57. The second kappa shape index (κ2) is 6.34. The Morgan fingerprint density at radius 2 is 1.86 bits per heavy atom. The summed E-state index contributed by atoms with van der Waals surface area (Å²) in [6.07, 6.45) is 0. The summed E-state index contributed by atoms with van der Waals surface area (Å²) in [6.45, 7) is 1.72. The topological polar surface area (TPSA) is 30.5 Å². The Bertz CT molecular complexity index is 679. The summed E-state index contributed by atoms with van der Waals surface area (Å²) >= 11 is 15.7. The number of benzene rings is 2. The van der Waals surface area contributed by atoms with Gasteiger partial charge in [0.15, 0.2) is 11.5 Å². The summed E-state index contributed by atoms with van der Waals surface area (Å²) in [5.41, 5.74) is 1.79. The molecule has 0 atom stereocenters. The number of hydrogen-bond acceptors (Lipinski definition) is 3. The SMILES string of the molecule is Clc1c(Br)ccc(NCc2cccc3c2OCCO3)c1Cl. The molecule has 21 heavy (non-hydrogen) atoms. The zero-order chi connectivity index (χ0) is 14.8. The first-order valence-corrected chi connectivity index (χ1v) is 7.96. The summed E-state index contributed by atoms with van der Waals surface area (Å²) in [6, 6.07) is 9.58. The van der Waals surface area contributed by atoms with Crippen molar-refractivity contribution in [3.8, 4) is 11.5 Å². The molecule has 2 aromatic rings. The Morgan fingerprint density at radius 1 is 1.05 bits per heavy atom. The highest BCUT2D eigenvalue weighted by Crippen LogP contribution is 2.37. The first kappa shape index (κ1) is 14.8. The summed E-state index contributed by atoms with van der Waals surface area (Å²) in [4.78, 5) is 0. The Morgan fingerprint density at radius 3 is 2.71 bits per heavy atom. The second-order valence-corrected chi connectivity index (χ2v) is 6.13. The van der Waals surface area contributed by atoms with Crippen LogP contribution in [0.25, 0.3) is 0 Å². The maximum atomic E-state index is 6.23. The van der Waals surface area contributed by atoms with Crippen molar-refractivity contribution >= 4 is 44.8 Å². The van der Waals surface area contributed by atoms with Crippen molar-refractivity contribution in [2.75, 3.05) is 18.5 Å². The number of para-hydroxylation sites is 1. The molecule has 0 aliphatic carbocycles. The molecule has 2 aromatic carbocycles. The van der Waals surface area contributed by atoms with E-state index < -0.39 is 0 Å². The lowest BCUT2D eigenvalue weighted by Crippen LogP contribution is -2.17. The maximum Gasteiger partial charge on any atom is 0.166 e. The van der Waals surface area contributed by atoms with Crippen molar-refractivity contribution in [1.82, 2.24) is 0 Å². The molecule has 0 saturated carbocycles. The first-order chi connectivity index (χ1) is 10.2. The van der Waals surface area contributed by atoms with Gasteiger partial charge in [0.1, 0.15) is 13.2 Å². The van der Waals surface area contributed by atoms with Crippen LogP contribution in [-0.2, 0) is 6.54 Å². The minimum absolute atomic E-state index is 0.494. The normalized spacial score (nSPS) is 13.1. The van der Waals surface area contributed by atoms with Gasteiger partial charge in [-0.25, -0.2) is 0 Å². The third-order valence-corrected chi connectivity index (χ3v) is 4.92. The molecule has 0 aromatic heterocycles. The molecule has 0 fully saturated rings. The fraction of sp³-hybridized carbons (Fsp3) is 0.200. The van der Waals surface area contributed by atoms with Crippen molar-refractivity contribution < 1.29 is 9.47 Å². The van der Waals surface area contributed by atoms with E-state index in [0.29, 0.717) is 29.8 Å². The average molecular weight is 389 g/mol. The third kappa shape index (κ3) is 3.07. The van der Waals surface area contributed by atoms with E-state index in [4.69, 9.17) is 32.7 Å². The van der Waals surface area contributed by atoms with E-state index in [2.05, 4.69) is 21.2 Å².